The summed E-state index contributed by atoms with van der Waals surface area (Å²) in [6.45, 7) is 0.853. The van der Waals surface area contributed by atoms with Gasteiger partial charge in [0.05, 0.1) is 18.1 Å². The predicted octanol–water partition coefficient (Wildman–Crippen LogP) is 1.05. The topological polar surface area (TPSA) is 60.9 Å². The number of rotatable bonds is 1. The van der Waals surface area contributed by atoms with Crippen molar-refractivity contribution < 1.29 is 5.11 Å². The van der Waals surface area contributed by atoms with Crippen LogP contribution >= 0.6 is 11.3 Å². The molecular formula is C13H13N3OS. The third kappa shape index (κ3) is 2.06. The normalized spacial score (nSPS) is 17.9. The third-order valence-electron chi connectivity index (χ3n) is 2.96. The number of aliphatic hydroxyl groups is 1. The number of thiophene rings is 1. The average Bonchev–Trinajstić information content (AvgIpc) is 3.04. The first-order valence-corrected chi connectivity index (χ1v) is 6.70. The molecule has 0 aromatic carbocycles. The van der Waals surface area contributed by atoms with Crippen LogP contribution in [0.3, 0.4) is 0 Å². The minimum atomic E-state index is -0.101. The lowest BCUT2D eigenvalue weighted by Gasteiger charge is -2.21. The second-order valence-electron chi connectivity index (χ2n) is 4.10. The number of aliphatic hydroxyl groups excluding tert-OH is 1. The van der Waals surface area contributed by atoms with Crippen molar-refractivity contribution in [1.82, 2.24) is 15.3 Å². The highest BCUT2D eigenvalue weighted by Gasteiger charge is 2.24. The number of nitrogens with zero attached hydrogens (tertiary/aromatic N) is 1. The summed E-state index contributed by atoms with van der Waals surface area (Å²) in [7, 11) is 0. The molecule has 2 aromatic rings. The van der Waals surface area contributed by atoms with Crippen molar-refractivity contribution in [3.8, 4) is 11.8 Å². The summed E-state index contributed by atoms with van der Waals surface area (Å²) in [5.41, 5.74) is 3.26. The van der Waals surface area contributed by atoms with Crippen LogP contribution < -0.4 is 5.32 Å². The number of fused-ring (bicyclic) bond motifs is 1. The van der Waals surface area contributed by atoms with Crippen LogP contribution in [0, 0.1) is 11.8 Å². The Labute approximate surface area is 109 Å². The number of aromatic nitrogens is 2. The molecule has 5 heteroatoms. The molecule has 0 spiro atoms. The number of H-pyrrole nitrogens is 1. The van der Waals surface area contributed by atoms with Gasteiger partial charge in [0.15, 0.2) is 0 Å². The van der Waals surface area contributed by atoms with Crippen molar-refractivity contribution >= 4 is 11.3 Å². The van der Waals surface area contributed by atoms with Crippen LogP contribution in [0.5, 0.6) is 0 Å². The Morgan fingerprint density at radius 1 is 1.56 bits per heavy atom. The maximum Gasteiger partial charge on any atom is 0.104 e. The molecule has 2 aromatic heterocycles. The fourth-order valence-corrected chi connectivity index (χ4v) is 3.08. The van der Waals surface area contributed by atoms with Gasteiger partial charge in [-0.1, -0.05) is 11.8 Å². The van der Waals surface area contributed by atoms with Crippen molar-refractivity contribution in [3.05, 3.63) is 39.6 Å². The van der Waals surface area contributed by atoms with Crippen LogP contribution in [0.25, 0.3) is 0 Å². The van der Waals surface area contributed by atoms with Gasteiger partial charge in [0.25, 0.3) is 0 Å². The molecule has 18 heavy (non-hydrogen) atoms. The highest BCUT2D eigenvalue weighted by atomic mass is 32.1. The van der Waals surface area contributed by atoms with E-state index in [9.17, 15) is 0 Å². The molecule has 0 bridgehead atoms. The molecular weight excluding hydrogens is 246 g/mol. The molecule has 0 radical (unpaired) electrons. The van der Waals surface area contributed by atoms with Crippen LogP contribution in [-0.2, 0) is 6.42 Å². The van der Waals surface area contributed by atoms with Gasteiger partial charge in [0, 0.05) is 34.5 Å². The second kappa shape index (κ2) is 4.94. The Bertz CT molecular complexity index is 605. The van der Waals surface area contributed by atoms with E-state index in [1.807, 2.05) is 5.38 Å². The summed E-state index contributed by atoms with van der Waals surface area (Å²) in [6, 6.07) is 2.23. The van der Waals surface area contributed by atoms with Crippen molar-refractivity contribution in [1.29, 1.82) is 0 Å². The van der Waals surface area contributed by atoms with E-state index in [4.69, 9.17) is 5.11 Å². The zero-order valence-electron chi connectivity index (χ0n) is 9.73. The van der Waals surface area contributed by atoms with Gasteiger partial charge in [0.1, 0.15) is 6.61 Å². The first-order chi connectivity index (χ1) is 8.88. The summed E-state index contributed by atoms with van der Waals surface area (Å²) in [5.74, 6) is 5.59. The molecule has 1 atom stereocenters. The fourth-order valence-electron chi connectivity index (χ4n) is 2.17. The van der Waals surface area contributed by atoms with Gasteiger partial charge < -0.3 is 15.4 Å². The molecule has 0 aliphatic carbocycles. The van der Waals surface area contributed by atoms with Crippen LogP contribution in [0.1, 0.15) is 27.9 Å². The molecule has 3 heterocycles. The number of imidazole rings is 1. The Morgan fingerprint density at radius 3 is 3.39 bits per heavy atom. The number of hydrogen-bond acceptors (Lipinski definition) is 4. The molecule has 1 aliphatic rings. The fraction of sp³-hybridized carbons (Fsp3) is 0.308. The summed E-state index contributed by atoms with van der Waals surface area (Å²) in [4.78, 5) is 8.80. The van der Waals surface area contributed by atoms with Crippen molar-refractivity contribution in [3.63, 3.8) is 0 Å². The van der Waals surface area contributed by atoms with E-state index in [0.29, 0.717) is 0 Å². The zero-order valence-corrected chi connectivity index (χ0v) is 10.5. The van der Waals surface area contributed by atoms with Gasteiger partial charge in [-0.3, -0.25) is 0 Å². The Morgan fingerprint density at radius 2 is 2.50 bits per heavy atom. The SMILES string of the molecule is OCC#Cc1csc([C@H]2NCCc3[nH]cnc32)c1. The van der Waals surface area contributed by atoms with Crippen LogP contribution in [-0.4, -0.2) is 28.2 Å². The first kappa shape index (κ1) is 11.5. The summed E-state index contributed by atoms with van der Waals surface area (Å²) >= 11 is 1.67. The smallest absolute Gasteiger partial charge is 0.104 e. The minimum Gasteiger partial charge on any atom is -0.384 e. The Balaban J connectivity index is 1.90. The lowest BCUT2D eigenvalue weighted by Crippen LogP contribution is -2.30. The Kier molecular flexibility index (Phi) is 3.15. The van der Waals surface area contributed by atoms with Gasteiger partial charge >= 0.3 is 0 Å². The van der Waals surface area contributed by atoms with Crippen LogP contribution in [0.15, 0.2) is 17.8 Å². The van der Waals surface area contributed by atoms with Crippen LogP contribution in [0.2, 0.25) is 0 Å². The molecule has 0 saturated carbocycles. The van der Waals surface area contributed by atoms with Crippen LogP contribution in [0.4, 0.5) is 0 Å². The van der Waals surface area contributed by atoms with E-state index in [-0.39, 0.29) is 12.6 Å². The monoisotopic (exact) mass is 259 g/mol. The Hall–Kier alpha value is -1.61. The lowest BCUT2D eigenvalue weighted by molar-refractivity contribution is 0.350. The molecule has 3 rings (SSSR count). The summed E-state index contributed by atoms with van der Waals surface area (Å²) in [5, 5.41) is 14.2. The maximum atomic E-state index is 8.69. The lowest BCUT2D eigenvalue weighted by atomic mass is 10.0. The molecule has 0 unspecified atom stereocenters. The van der Waals surface area contributed by atoms with Gasteiger partial charge in [-0.15, -0.1) is 11.3 Å². The van der Waals surface area contributed by atoms with Gasteiger partial charge in [-0.05, 0) is 6.07 Å². The molecule has 0 saturated heterocycles. The van der Waals surface area contributed by atoms with E-state index in [1.54, 1.807) is 17.7 Å². The number of hydrogen-bond donors (Lipinski definition) is 3. The quantitative estimate of drug-likeness (QED) is 0.671. The first-order valence-electron chi connectivity index (χ1n) is 5.82. The third-order valence-corrected chi connectivity index (χ3v) is 3.96. The average molecular weight is 259 g/mol. The maximum absolute atomic E-state index is 8.69. The van der Waals surface area contributed by atoms with Gasteiger partial charge in [0.2, 0.25) is 0 Å². The predicted molar refractivity (Wildman–Crippen MR) is 70.4 cm³/mol. The van der Waals surface area contributed by atoms with Crippen molar-refractivity contribution in [2.45, 2.75) is 12.5 Å². The molecule has 4 nitrogen and oxygen atoms in total. The molecule has 92 valence electrons. The summed E-state index contributed by atoms with van der Waals surface area (Å²) < 4.78 is 0. The minimum absolute atomic E-state index is 0.101. The van der Waals surface area contributed by atoms with Gasteiger partial charge in [-0.2, -0.15) is 0 Å². The number of aromatic amines is 1. The standard InChI is InChI=1S/C13H13N3OS/c17-5-1-2-9-6-11(18-7-9)13-12-10(3-4-14-13)15-8-16-12/h6-8,13-14,17H,3-5H2,(H,15,16)/t13-/m1/s1. The van der Waals surface area contributed by atoms with Crippen molar-refractivity contribution in [2.75, 3.05) is 13.2 Å². The van der Waals surface area contributed by atoms with E-state index in [1.165, 1.54) is 10.6 Å². The molecule has 0 fully saturated rings. The van der Waals surface area contributed by atoms with E-state index < -0.39 is 0 Å². The van der Waals surface area contributed by atoms with E-state index in [2.05, 4.69) is 33.2 Å². The zero-order chi connectivity index (χ0) is 12.4. The highest BCUT2D eigenvalue weighted by molar-refractivity contribution is 7.10. The van der Waals surface area contributed by atoms with E-state index >= 15 is 0 Å². The largest absolute Gasteiger partial charge is 0.384 e. The van der Waals surface area contributed by atoms with Gasteiger partial charge in [-0.25, -0.2) is 4.98 Å². The molecule has 1 aliphatic heterocycles. The second-order valence-corrected chi connectivity index (χ2v) is 5.04. The molecule has 3 N–H and O–H groups in total. The number of nitrogens with one attached hydrogen (secondary N) is 2. The van der Waals surface area contributed by atoms with Crippen molar-refractivity contribution in [2.24, 2.45) is 0 Å². The van der Waals surface area contributed by atoms with E-state index in [0.717, 1.165) is 24.2 Å². The highest BCUT2D eigenvalue weighted by Crippen LogP contribution is 2.30. The molecule has 0 amide bonds. The summed E-state index contributed by atoms with van der Waals surface area (Å²) in [6.07, 6.45) is 2.75.